The summed E-state index contributed by atoms with van der Waals surface area (Å²) in [6, 6.07) is 1.52. The van der Waals surface area contributed by atoms with Gasteiger partial charge in [-0.3, -0.25) is 9.59 Å². The Kier molecular flexibility index (Phi) is 7.46. The van der Waals surface area contributed by atoms with Gasteiger partial charge < -0.3 is 15.5 Å². The summed E-state index contributed by atoms with van der Waals surface area (Å²) < 4.78 is 0. The minimum atomic E-state index is -0.0148. The number of rotatable bonds is 6. The van der Waals surface area contributed by atoms with Crippen LogP contribution >= 0.6 is 12.4 Å². The monoisotopic (exact) mass is 317 g/mol. The molecule has 2 aliphatic rings. The average Bonchev–Trinajstić information content (AvgIpc) is 2.80. The van der Waals surface area contributed by atoms with Crippen molar-refractivity contribution >= 4 is 24.2 Å². The second-order valence-electron chi connectivity index (χ2n) is 6.12. The molecule has 21 heavy (non-hydrogen) atoms. The largest absolute Gasteiger partial charge is 0.356 e. The van der Waals surface area contributed by atoms with Crippen molar-refractivity contribution in [1.82, 2.24) is 15.5 Å². The van der Waals surface area contributed by atoms with Crippen molar-refractivity contribution in [3.8, 4) is 0 Å². The van der Waals surface area contributed by atoms with Crippen LogP contribution in [0.5, 0.6) is 0 Å². The van der Waals surface area contributed by atoms with Crippen LogP contribution in [-0.4, -0.2) is 48.4 Å². The average molecular weight is 318 g/mol. The highest BCUT2D eigenvalue weighted by Gasteiger charge is 2.36. The van der Waals surface area contributed by atoms with Gasteiger partial charge in [-0.15, -0.1) is 12.4 Å². The lowest BCUT2D eigenvalue weighted by atomic mass is 9.98. The molecule has 0 aromatic heterocycles. The Hall–Kier alpha value is -0.810. The number of amides is 2. The Morgan fingerprint density at radius 3 is 2.38 bits per heavy atom. The molecule has 2 rings (SSSR count). The van der Waals surface area contributed by atoms with Gasteiger partial charge in [-0.1, -0.05) is 6.92 Å². The number of halogens is 1. The highest BCUT2D eigenvalue weighted by molar-refractivity contribution is 5.85. The summed E-state index contributed by atoms with van der Waals surface area (Å²) in [6.45, 7) is 2.71. The standard InChI is InChI=1S/C15H27N3O2.ClH/c1-3-8-16-14(19)6-7-15(20)18(2)13-9-11-4-5-12(10-13)17-11;/h11-13,17H,3-10H2,1-2H3,(H,16,19);1H. The molecule has 2 bridgehead atoms. The van der Waals surface area contributed by atoms with Crippen molar-refractivity contribution < 1.29 is 9.59 Å². The molecule has 2 saturated heterocycles. The number of carbonyl (C=O) groups is 2. The van der Waals surface area contributed by atoms with E-state index in [-0.39, 0.29) is 24.2 Å². The van der Waals surface area contributed by atoms with E-state index in [1.54, 1.807) is 0 Å². The van der Waals surface area contributed by atoms with Crippen molar-refractivity contribution in [2.45, 2.75) is 70.0 Å². The summed E-state index contributed by atoms with van der Waals surface area (Å²) in [6.07, 6.45) is 6.15. The number of carbonyl (C=O) groups excluding carboxylic acids is 2. The molecule has 2 atom stereocenters. The SMILES string of the molecule is CCCNC(=O)CCC(=O)N(C)C1CC2CCC(C1)N2.Cl. The van der Waals surface area contributed by atoms with Crippen molar-refractivity contribution in [3.63, 3.8) is 0 Å². The number of fused-ring (bicyclic) bond motifs is 2. The van der Waals surface area contributed by atoms with E-state index in [1.807, 2.05) is 18.9 Å². The normalized spacial score (nSPS) is 26.9. The van der Waals surface area contributed by atoms with E-state index < -0.39 is 0 Å². The minimum Gasteiger partial charge on any atom is -0.356 e. The van der Waals surface area contributed by atoms with E-state index in [0.29, 0.717) is 37.5 Å². The van der Waals surface area contributed by atoms with Crippen LogP contribution in [0.3, 0.4) is 0 Å². The molecule has 2 aliphatic heterocycles. The lowest BCUT2D eigenvalue weighted by Crippen LogP contribution is -2.48. The predicted molar refractivity (Wildman–Crippen MR) is 85.5 cm³/mol. The zero-order valence-corrected chi connectivity index (χ0v) is 13.9. The molecule has 0 aromatic carbocycles. The van der Waals surface area contributed by atoms with Crippen LogP contribution in [0.25, 0.3) is 0 Å². The molecule has 2 heterocycles. The smallest absolute Gasteiger partial charge is 0.223 e. The second kappa shape index (κ2) is 8.59. The number of nitrogens with zero attached hydrogens (tertiary/aromatic N) is 1. The molecule has 0 saturated carbocycles. The fourth-order valence-corrected chi connectivity index (χ4v) is 3.30. The lowest BCUT2D eigenvalue weighted by Gasteiger charge is -2.35. The Labute approximate surface area is 133 Å². The van der Waals surface area contributed by atoms with Crippen LogP contribution in [-0.2, 0) is 9.59 Å². The minimum absolute atomic E-state index is 0. The molecular weight excluding hydrogens is 290 g/mol. The Balaban J connectivity index is 0.00000220. The topological polar surface area (TPSA) is 61.4 Å². The van der Waals surface area contributed by atoms with E-state index in [0.717, 1.165) is 19.3 Å². The fraction of sp³-hybridized carbons (Fsp3) is 0.867. The van der Waals surface area contributed by atoms with E-state index in [2.05, 4.69) is 10.6 Å². The van der Waals surface area contributed by atoms with Crippen molar-refractivity contribution in [2.75, 3.05) is 13.6 Å². The number of hydrogen-bond acceptors (Lipinski definition) is 3. The summed E-state index contributed by atoms with van der Waals surface area (Å²) in [5.41, 5.74) is 0. The van der Waals surface area contributed by atoms with Crippen LogP contribution in [0.1, 0.15) is 51.9 Å². The summed E-state index contributed by atoms with van der Waals surface area (Å²) in [5.74, 6) is 0.0851. The zero-order chi connectivity index (χ0) is 14.5. The molecule has 2 amide bonds. The molecule has 122 valence electrons. The van der Waals surface area contributed by atoms with Crippen molar-refractivity contribution in [1.29, 1.82) is 0 Å². The van der Waals surface area contributed by atoms with E-state index >= 15 is 0 Å². The van der Waals surface area contributed by atoms with E-state index in [1.165, 1.54) is 12.8 Å². The molecule has 0 spiro atoms. The summed E-state index contributed by atoms with van der Waals surface area (Å²) in [4.78, 5) is 25.6. The van der Waals surface area contributed by atoms with Gasteiger partial charge in [0.05, 0.1) is 0 Å². The van der Waals surface area contributed by atoms with Crippen LogP contribution in [0, 0.1) is 0 Å². The first-order valence-electron chi connectivity index (χ1n) is 7.88. The highest BCUT2D eigenvalue weighted by atomic mass is 35.5. The second-order valence-corrected chi connectivity index (χ2v) is 6.12. The highest BCUT2D eigenvalue weighted by Crippen LogP contribution is 2.29. The van der Waals surface area contributed by atoms with Gasteiger partial charge in [-0.2, -0.15) is 0 Å². The third kappa shape index (κ3) is 5.15. The predicted octanol–water partition coefficient (Wildman–Crippen LogP) is 1.46. The van der Waals surface area contributed by atoms with Crippen molar-refractivity contribution in [2.24, 2.45) is 0 Å². The fourth-order valence-electron chi connectivity index (χ4n) is 3.30. The maximum atomic E-state index is 12.2. The van der Waals surface area contributed by atoms with Gasteiger partial charge in [-0.05, 0) is 32.1 Å². The number of nitrogens with one attached hydrogen (secondary N) is 2. The van der Waals surface area contributed by atoms with Gasteiger partial charge >= 0.3 is 0 Å². The molecular formula is C15H28ClN3O2. The molecule has 6 heteroatoms. The van der Waals surface area contributed by atoms with Crippen LogP contribution in [0.2, 0.25) is 0 Å². The number of piperidine rings is 1. The van der Waals surface area contributed by atoms with Gasteiger partial charge in [0, 0.05) is 44.6 Å². The maximum absolute atomic E-state index is 12.2. The van der Waals surface area contributed by atoms with Gasteiger partial charge in [0.1, 0.15) is 0 Å². The Bertz CT molecular complexity index is 353. The van der Waals surface area contributed by atoms with E-state index in [4.69, 9.17) is 0 Å². The molecule has 2 unspecified atom stereocenters. The van der Waals surface area contributed by atoms with Crippen LogP contribution in [0.4, 0.5) is 0 Å². The van der Waals surface area contributed by atoms with Crippen LogP contribution < -0.4 is 10.6 Å². The van der Waals surface area contributed by atoms with Gasteiger partial charge in [0.25, 0.3) is 0 Å². The summed E-state index contributed by atoms with van der Waals surface area (Å²) in [7, 11) is 1.89. The molecule has 0 radical (unpaired) electrons. The van der Waals surface area contributed by atoms with Crippen molar-refractivity contribution in [3.05, 3.63) is 0 Å². The zero-order valence-electron chi connectivity index (χ0n) is 13.1. The third-order valence-corrected chi connectivity index (χ3v) is 4.53. The first kappa shape index (κ1) is 18.2. The van der Waals surface area contributed by atoms with Gasteiger partial charge in [-0.25, -0.2) is 0 Å². The molecule has 5 nitrogen and oxygen atoms in total. The Morgan fingerprint density at radius 1 is 1.19 bits per heavy atom. The summed E-state index contributed by atoms with van der Waals surface area (Å²) in [5, 5.41) is 6.40. The Morgan fingerprint density at radius 2 is 1.81 bits per heavy atom. The quantitative estimate of drug-likeness (QED) is 0.779. The molecule has 2 fully saturated rings. The summed E-state index contributed by atoms with van der Waals surface area (Å²) >= 11 is 0. The third-order valence-electron chi connectivity index (χ3n) is 4.53. The number of hydrogen-bond donors (Lipinski definition) is 2. The van der Waals surface area contributed by atoms with Gasteiger partial charge in [0.2, 0.25) is 11.8 Å². The first-order chi connectivity index (χ1) is 9.60. The molecule has 2 N–H and O–H groups in total. The first-order valence-corrected chi connectivity index (χ1v) is 7.88. The van der Waals surface area contributed by atoms with Gasteiger partial charge in [0.15, 0.2) is 0 Å². The maximum Gasteiger partial charge on any atom is 0.223 e. The lowest BCUT2D eigenvalue weighted by molar-refractivity contribution is -0.134. The van der Waals surface area contributed by atoms with E-state index in [9.17, 15) is 9.59 Å². The molecule has 0 aliphatic carbocycles. The van der Waals surface area contributed by atoms with Crippen LogP contribution in [0.15, 0.2) is 0 Å². The molecule has 0 aromatic rings.